The Bertz CT molecular complexity index is 398. The van der Waals surface area contributed by atoms with Crippen molar-refractivity contribution in [2.75, 3.05) is 26.0 Å². The van der Waals surface area contributed by atoms with Crippen LogP contribution in [0.25, 0.3) is 0 Å². The lowest BCUT2D eigenvalue weighted by Crippen LogP contribution is -2.23. The summed E-state index contributed by atoms with van der Waals surface area (Å²) in [4.78, 5) is 12.6. The SMILES string of the molecule is CN(C)C(=O)CCNc1cc(F)c(F)c(F)c1. The zero-order chi connectivity index (χ0) is 13.0. The molecule has 94 valence electrons. The summed E-state index contributed by atoms with van der Waals surface area (Å²) in [5.41, 5.74) is 0.105. The second kappa shape index (κ2) is 5.56. The van der Waals surface area contributed by atoms with Crippen LogP contribution in [0.4, 0.5) is 18.9 Å². The maximum atomic E-state index is 12.8. The van der Waals surface area contributed by atoms with Crippen molar-refractivity contribution in [1.82, 2.24) is 4.90 Å². The van der Waals surface area contributed by atoms with Crippen LogP contribution in [0, 0.1) is 17.5 Å². The molecule has 0 aliphatic rings. The van der Waals surface area contributed by atoms with Gasteiger partial charge in [0.15, 0.2) is 17.5 Å². The van der Waals surface area contributed by atoms with Crippen molar-refractivity contribution in [3.05, 3.63) is 29.6 Å². The van der Waals surface area contributed by atoms with E-state index in [9.17, 15) is 18.0 Å². The summed E-state index contributed by atoms with van der Waals surface area (Å²) in [6, 6.07) is 1.69. The number of halogens is 3. The van der Waals surface area contributed by atoms with Crippen LogP contribution in [0.2, 0.25) is 0 Å². The fourth-order valence-corrected chi connectivity index (χ4v) is 1.19. The summed E-state index contributed by atoms with van der Waals surface area (Å²) in [5, 5.41) is 2.65. The van der Waals surface area contributed by atoms with Crippen molar-refractivity contribution >= 4 is 11.6 Å². The lowest BCUT2D eigenvalue weighted by atomic mass is 10.2. The zero-order valence-corrected chi connectivity index (χ0v) is 9.56. The van der Waals surface area contributed by atoms with E-state index in [1.54, 1.807) is 14.1 Å². The molecule has 0 atom stereocenters. The molecule has 1 aromatic carbocycles. The number of nitrogens with zero attached hydrogens (tertiary/aromatic N) is 1. The zero-order valence-electron chi connectivity index (χ0n) is 9.56. The predicted octanol–water partition coefficient (Wildman–Crippen LogP) is 1.99. The lowest BCUT2D eigenvalue weighted by molar-refractivity contribution is -0.128. The van der Waals surface area contributed by atoms with Crippen molar-refractivity contribution in [3.63, 3.8) is 0 Å². The lowest BCUT2D eigenvalue weighted by Gasteiger charge is -2.11. The molecule has 0 radical (unpaired) electrons. The first-order chi connectivity index (χ1) is 7.91. The largest absolute Gasteiger partial charge is 0.384 e. The fourth-order valence-electron chi connectivity index (χ4n) is 1.19. The average molecular weight is 246 g/mol. The summed E-state index contributed by atoms with van der Waals surface area (Å²) >= 11 is 0. The van der Waals surface area contributed by atoms with Crippen LogP contribution in [-0.2, 0) is 4.79 Å². The van der Waals surface area contributed by atoms with Crippen LogP contribution in [0.15, 0.2) is 12.1 Å². The van der Waals surface area contributed by atoms with Gasteiger partial charge in [-0.15, -0.1) is 0 Å². The highest BCUT2D eigenvalue weighted by Gasteiger charge is 2.10. The van der Waals surface area contributed by atoms with Gasteiger partial charge in [0.25, 0.3) is 0 Å². The van der Waals surface area contributed by atoms with Crippen molar-refractivity contribution in [1.29, 1.82) is 0 Å². The molecule has 17 heavy (non-hydrogen) atoms. The van der Waals surface area contributed by atoms with Gasteiger partial charge < -0.3 is 10.2 Å². The monoisotopic (exact) mass is 246 g/mol. The number of nitrogens with one attached hydrogen (secondary N) is 1. The molecule has 0 saturated heterocycles. The highest BCUT2D eigenvalue weighted by atomic mass is 19.2. The first-order valence-corrected chi connectivity index (χ1v) is 5.00. The molecule has 0 heterocycles. The second-order valence-corrected chi connectivity index (χ2v) is 3.72. The average Bonchev–Trinajstić information content (AvgIpc) is 2.25. The Morgan fingerprint density at radius 1 is 1.24 bits per heavy atom. The van der Waals surface area contributed by atoms with E-state index in [4.69, 9.17) is 0 Å². The Kier molecular flexibility index (Phi) is 4.37. The summed E-state index contributed by atoms with van der Waals surface area (Å²) in [6.07, 6.45) is 0.188. The van der Waals surface area contributed by atoms with Crippen molar-refractivity contribution in [3.8, 4) is 0 Å². The summed E-state index contributed by atoms with van der Waals surface area (Å²) < 4.78 is 38.3. The first kappa shape index (κ1) is 13.3. The van der Waals surface area contributed by atoms with Gasteiger partial charge in [0.2, 0.25) is 5.91 Å². The van der Waals surface area contributed by atoms with Gasteiger partial charge in [-0.05, 0) is 0 Å². The molecule has 0 fully saturated rings. The Morgan fingerprint density at radius 2 is 1.76 bits per heavy atom. The molecule has 0 aliphatic heterocycles. The molecular formula is C11H13F3N2O. The van der Waals surface area contributed by atoms with Crippen LogP contribution in [0.5, 0.6) is 0 Å². The van der Waals surface area contributed by atoms with E-state index in [1.807, 2.05) is 0 Å². The topological polar surface area (TPSA) is 32.3 Å². The van der Waals surface area contributed by atoms with E-state index in [0.717, 1.165) is 12.1 Å². The van der Waals surface area contributed by atoms with Gasteiger partial charge in [-0.25, -0.2) is 13.2 Å². The van der Waals surface area contributed by atoms with Crippen LogP contribution in [0.1, 0.15) is 6.42 Å². The minimum atomic E-state index is -1.50. The van der Waals surface area contributed by atoms with Gasteiger partial charge in [-0.2, -0.15) is 0 Å². The van der Waals surface area contributed by atoms with Crippen molar-refractivity contribution < 1.29 is 18.0 Å². The van der Waals surface area contributed by atoms with Crippen LogP contribution in [-0.4, -0.2) is 31.4 Å². The Balaban J connectivity index is 2.56. The highest BCUT2D eigenvalue weighted by molar-refractivity contribution is 5.76. The van der Waals surface area contributed by atoms with E-state index < -0.39 is 17.5 Å². The minimum Gasteiger partial charge on any atom is -0.384 e. The second-order valence-electron chi connectivity index (χ2n) is 3.72. The van der Waals surface area contributed by atoms with E-state index in [-0.39, 0.29) is 24.6 Å². The van der Waals surface area contributed by atoms with Crippen molar-refractivity contribution in [2.45, 2.75) is 6.42 Å². The molecule has 0 bridgehead atoms. The molecule has 1 amide bonds. The maximum Gasteiger partial charge on any atom is 0.223 e. The van der Waals surface area contributed by atoms with Gasteiger partial charge in [0, 0.05) is 44.9 Å². The smallest absolute Gasteiger partial charge is 0.223 e. The minimum absolute atomic E-state index is 0.105. The molecule has 0 aromatic heterocycles. The highest BCUT2D eigenvalue weighted by Crippen LogP contribution is 2.17. The number of carbonyl (C=O) groups excluding carboxylic acids is 1. The number of anilines is 1. The number of amides is 1. The van der Waals surface area contributed by atoms with Gasteiger partial charge in [0.05, 0.1) is 0 Å². The Labute approximate surface area is 97.2 Å². The predicted molar refractivity (Wildman–Crippen MR) is 58.1 cm³/mol. The van der Waals surface area contributed by atoms with Gasteiger partial charge >= 0.3 is 0 Å². The van der Waals surface area contributed by atoms with Gasteiger partial charge in [-0.1, -0.05) is 0 Å². The molecule has 0 aliphatic carbocycles. The Hall–Kier alpha value is -1.72. The maximum absolute atomic E-state index is 12.8. The first-order valence-electron chi connectivity index (χ1n) is 5.00. The molecular weight excluding hydrogens is 233 g/mol. The van der Waals surface area contributed by atoms with Crippen molar-refractivity contribution in [2.24, 2.45) is 0 Å². The molecule has 1 aromatic rings. The summed E-state index contributed by atoms with van der Waals surface area (Å²) in [5.74, 6) is -4.13. The van der Waals surface area contributed by atoms with Crippen LogP contribution in [0.3, 0.4) is 0 Å². The van der Waals surface area contributed by atoms with E-state index >= 15 is 0 Å². The quantitative estimate of drug-likeness (QED) is 0.824. The number of benzene rings is 1. The molecule has 0 saturated carbocycles. The molecule has 3 nitrogen and oxygen atoms in total. The fraction of sp³-hybridized carbons (Fsp3) is 0.364. The number of carbonyl (C=O) groups is 1. The molecule has 1 N–H and O–H groups in total. The van der Waals surface area contributed by atoms with E-state index in [1.165, 1.54) is 4.90 Å². The van der Waals surface area contributed by atoms with E-state index in [2.05, 4.69) is 5.32 Å². The molecule has 0 spiro atoms. The van der Waals surface area contributed by atoms with Crippen LogP contribution >= 0.6 is 0 Å². The third-order valence-corrected chi connectivity index (χ3v) is 2.15. The third kappa shape index (κ3) is 3.65. The van der Waals surface area contributed by atoms with Gasteiger partial charge in [0.1, 0.15) is 0 Å². The molecule has 6 heteroatoms. The third-order valence-electron chi connectivity index (χ3n) is 2.15. The van der Waals surface area contributed by atoms with Gasteiger partial charge in [-0.3, -0.25) is 4.79 Å². The number of hydrogen-bond donors (Lipinski definition) is 1. The molecule has 1 rings (SSSR count). The summed E-state index contributed by atoms with van der Waals surface area (Å²) in [7, 11) is 3.22. The number of hydrogen-bond acceptors (Lipinski definition) is 2. The standard InChI is InChI=1S/C11H13F3N2O/c1-16(2)10(17)3-4-15-7-5-8(12)11(14)9(13)6-7/h5-6,15H,3-4H2,1-2H3. The Morgan fingerprint density at radius 3 is 2.24 bits per heavy atom. The van der Waals surface area contributed by atoms with Crippen LogP contribution < -0.4 is 5.32 Å². The van der Waals surface area contributed by atoms with E-state index in [0.29, 0.717) is 0 Å². The summed E-state index contributed by atoms with van der Waals surface area (Å²) in [6.45, 7) is 0.224. The molecule has 0 unspecified atom stereocenters. The normalized spacial score (nSPS) is 10.2. The number of rotatable bonds is 4.